The number of nitrogens with one attached hydrogen (secondary N) is 2. The van der Waals surface area contributed by atoms with Crippen LogP contribution in [0.3, 0.4) is 0 Å². The Hall–Kier alpha value is -1.79. The SMILES string of the molecule is CNc1cc(CNC(C)(CO)C(=O)O)cc2c1OCC2. The van der Waals surface area contributed by atoms with Crippen molar-refractivity contribution in [1.82, 2.24) is 5.32 Å². The lowest BCUT2D eigenvalue weighted by molar-refractivity contribution is -0.145. The Morgan fingerprint density at radius 1 is 1.50 bits per heavy atom. The standard InChI is InChI=1S/C14H20N2O4/c1-14(8-17,13(18)19)16-7-9-5-10-3-4-20-12(10)11(6-9)15-2/h5-6,15-17H,3-4,7-8H2,1-2H3,(H,18,19). The number of aliphatic carboxylic acids is 1. The van der Waals surface area contributed by atoms with E-state index in [2.05, 4.69) is 10.6 Å². The second-order valence-electron chi connectivity index (χ2n) is 5.13. The summed E-state index contributed by atoms with van der Waals surface area (Å²) in [5, 5.41) is 24.3. The first-order chi connectivity index (χ1) is 9.50. The Balaban J connectivity index is 2.16. The van der Waals surface area contributed by atoms with Gasteiger partial charge in [-0.1, -0.05) is 6.07 Å². The van der Waals surface area contributed by atoms with Gasteiger partial charge in [-0.3, -0.25) is 10.1 Å². The van der Waals surface area contributed by atoms with Gasteiger partial charge in [-0.2, -0.15) is 0 Å². The molecule has 0 radical (unpaired) electrons. The van der Waals surface area contributed by atoms with Crippen LogP contribution in [0.4, 0.5) is 5.69 Å². The fourth-order valence-electron chi connectivity index (χ4n) is 2.16. The number of carbonyl (C=O) groups is 1. The minimum Gasteiger partial charge on any atom is -0.491 e. The summed E-state index contributed by atoms with van der Waals surface area (Å²) < 4.78 is 5.56. The smallest absolute Gasteiger partial charge is 0.326 e. The van der Waals surface area contributed by atoms with Gasteiger partial charge in [0.25, 0.3) is 0 Å². The summed E-state index contributed by atoms with van der Waals surface area (Å²) in [6, 6.07) is 3.94. The number of carboxylic acids is 1. The van der Waals surface area contributed by atoms with Gasteiger partial charge < -0.3 is 20.3 Å². The number of carboxylic acid groups (broad SMARTS) is 1. The summed E-state index contributed by atoms with van der Waals surface area (Å²) in [5.74, 6) is -0.197. The highest BCUT2D eigenvalue weighted by Crippen LogP contribution is 2.34. The molecule has 0 amide bonds. The Morgan fingerprint density at radius 2 is 2.25 bits per heavy atom. The van der Waals surface area contributed by atoms with Crippen molar-refractivity contribution in [1.29, 1.82) is 0 Å². The van der Waals surface area contributed by atoms with Crippen molar-refractivity contribution in [2.45, 2.75) is 25.4 Å². The number of aliphatic hydroxyl groups is 1. The molecule has 0 saturated heterocycles. The molecule has 1 aromatic rings. The van der Waals surface area contributed by atoms with Crippen molar-refractivity contribution in [2.24, 2.45) is 0 Å². The Labute approximate surface area is 117 Å². The van der Waals surface area contributed by atoms with Gasteiger partial charge in [-0.15, -0.1) is 0 Å². The molecule has 0 spiro atoms. The summed E-state index contributed by atoms with van der Waals surface area (Å²) in [6.07, 6.45) is 0.855. The van der Waals surface area contributed by atoms with E-state index in [1.807, 2.05) is 19.2 Å². The zero-order valence-electron chi connectivity index (χ0n) is 11.7. The molecular formula is C14H20N2O4. The first kappa shape index (κ1) is 14.6. The number of rotatable bonds is 6. The maximum absolute atomic E-state index is 11.1. The largest absolute Gasteiger partial charge is 0.491 e. The number of hydrogen-bond donors (Lipinski definition) is 4. The van der Waals surface area contributed by atoms with E-state index in [4.69, 9.17) is 9.84 Å². The van der Waals surface area contributed by atoms with Crippen LogP contribution in [0.25, 0.3) is 0 Å². The monoisotopic (exact) mass is 280 g/mol. The summed E-state index contributed by atoms with van der Waals surface area (Å²) in [5.41, 5.74) is 1.64. The zero-order valence-corrected chi connectivity index (χ0v) is 11.7. The average Bonchev–Trinajstić information content (AvgIpc) is 2.91. The number of hydrogen-bond acceptors (Lipinski definition) is 5. The Kier molecular flexibility index (Phi) is 4.15. The van der Waals surface area contributed by atoms with Crippen molar-refractivity contribution in [3.05, 3.63) is 23.3 Å². The summed E-state index contributed by atoms with van der Waals surface area (Å²) >= 11 is 0. The van der Waals surface area contributed by atoms with E-state index >= 15 is 0 Å². The molecule has 110 valence electrons. The molecule has 6 nitrogen and oxygen atoms in total. The molecule has 1 heterocycles. The lowest BCUT2D eigenvalue weighted by Gasteiger charge is -2.24. The molecule has 0 saturated carbocycles. The average molecular weight is 280 g/mol. The van der Waals surface area contributed by atoms with Gasteiger partial charge in [-0.25, -0.2) is 0 Å². The van der Waals surface area contributed by atoms with Crippen LogP contribution in [0.1, 0.15) is 18.1 Å². The van der Waals surface area contributed by atoms with Gasteiger partial charge in [0.1, 0.15) is 11.3 Å². The van der Waals surface area contributed by atoms with Crippen molar-refractivity contribution < 1.29 is 19.7 Å². The van der Waals surface area contributed by atoms with E-state index in [0.29, 0.717) is 13.2 Å². The lowest BCUT2D eigenvalue weighted by Crippen LogP contribution is -2.52. The Morgan fingerprint density at radius 3 is 2.85 bits per heavy atom. The highest BCUT2D eigenvalue weighted by molar-refractivity contribution is 5.78. The number of fused-ring (bicyclic) bond motifs is 1. The van der Waals surface area contributed by atoms with Crippen LogP contribution in [-0.2, 0) is 17.8 Å². The van der Waals surface area contributed by atoms with Crippen LogP contribution in [0.5, 0.6) is 5.75 Å². The van der Waals surface area contributed by atoms with Crippen molar-refractivity contribution in [2.75, 3.05) is 25.6 Å². The molecule has 1 atom stereocenters. The maximum atomic E-state index is 11.1. The van der Waals surface area contributed by atoms with Gasteiger partial charge in [0.2, 0.25) is 0 Å². The van der Waals surface area contributed by atoms with Crippen LogP contribution >= 0.6 is 0 Å². The van der Waals surface area contributed by atoms with Crippen molar-refractivity contribution >= 4 is 11.7 Å². The fraction of sp³-hybridized carbons (Fsp3) is 0.500. The van der Waals surface area contributed by atoms with E-state index in [9.17, 15) is 9.90 Å². The summed E-state index contributed by atoms with van der Waals surface area (Å²) in [6.45, 7) is 2.04. The van der Waals surface area contributed by atoms with Crippen LogP contribution in [0, 0.1) is 0 Å². The number of benzene rings is 1. The minimum atomic E-state index is -1.34. The summed E-state index contributed by atoms with van der Waals surface area (Å²) in [7, 11) is 1.82. The van der Waals surface area contributed by atoms with E-state index in [1.165, 1.54) is 6.92 Å². The van der Waals surface area contributed by atoms with E-state index in [1.54, 1.807) is 0 Å². The molecule has 0 aliphatic carbocycles. The molecule has 2 rings (SSSR count). The molecular weight excluding hydrogens is 260 g/mol. The fourth-order valence-corrected chi connectivity index (χ4v) is 2.16. The molecule has 0 fully saturated rings. The third-order valence-corrected chi connectivity index (χ3v) is 3.58. The molecule has 4 N–H and O–H groups in total. The van der Waals surface area contributed by atoms with Crippen LogP contribution in [0.2, 0.25) is 0 Å². The first-order valence-electron chi connectivity index (χ1n) is 6.56. The normalized spacial score (nSPS) is 16.1. The highest BCUT2D eigenvalue weighted by atomic mass is 16.5. The predicted octanol–water partition coefficient (Wildman–Crippen LogP) is 0.588. The van der Waals surface area contributed by atoms with Gasteiger partial charge in [0.05, 0.1) is 18.9 Å². The quantitative estimate of drug-likeness (QED) is 0.609. The van der Waals surface area contributed by atoms with Crippen molar-refractivity contribution in [3.8, 4) is 5.75 Å². The maximum Gasteiger partial charge on any atom is 0.326 e. The van der Waals surface area contributed by atoms with Crippen LogP contribution in [0.15, 0.2) is 12.1 Å². The molecule has 1 aliphatic heterocycles. The molecule has 0 bridgehead atoms. The zero-order chi connectivity index (χ0) is 14.8. The summed E-state index contributed by atoms with van der Waals surface area (Å²) in [4.78, 5) is 11.1. The molecule has 20 heavy (non-hydrogen) atoms. The third kappa shape index (κ3) is 2.71. The molecule has 1 aromatic carbocycles. The van der Waals surface area contributed by atoms with Crippen LogP contribution in [-0.4, -0.2) is 42.0 Å². The second kappa shape index (κ2) is 5.68. The number of aliphatic hydroxyl groups excluding tert-OH is 1. The predicted molar refractivity (Wildman–Crippen MR) is 75.2 cm³/mol. The molecule has 6 heteroatoms. The molecule has 1 aliphatic rings. The van der Waals surface area contributed by atoms with E-state index in [-0.39, 0.29) is 0 Å². The Bertz CT molecular complexity index is 518. The second-order valence-corrected chi connectivity index (χ2v) is 5.13. The van der Waals surface area contributed by atoms with Gasteiger partial charge in [0.15, 0.2) is 0 Å². The van der Waals surface area contributed by atoms with E-state index in [0.717, 1.165) is 29.0 Å². The topological polar surface area (TPSA) is 90.8 Å². The van der Waals surface area contributed by atoms with Crippen molar-refractivity contribution in [3.63, 3.8) is 0 Å². The van der Waals surface area contributed by atoms with E-state index < -0.39 is 18.1 Å². The third-order valence-electron chi connectivity index (χ3n) is 3.58. The molecule has 1 unspecified atom stereocenters. The van der Waals surface area contributed by atoms with Gasteiger partial charge >= 0.3 is 5.97 Å². The minimum absolute atomic E-state index is 0.366. The van der Waals surface area contributed by atoms with Crippen LogP contribution < -0.4 is 15.4 Å². The van der Waals surface area contributed by atoms with Gasteiger partial charge in [0, 0.05) is 20.0 Å². The molecule has 0 aromatic heterocycles. The lowest BCUT2D eigenvalue weighted by atomic mass is 10.0. The number of ether oxygens (including phenoxy) is 1. The van der Waals surface area contributed by atoms with Gasteiger partial charge in [-0.05, 0) is 24.1 Å². The first-order valence-corrected chi connectivity index (χ1v) is 6.56. The highest BCUT2D eigenvalue weighted by Gasteiger charge is 2.31. The number of anilines is 1.